The zero-order valence-electron chi connectivity index (χ0n) is 11.3. The van der Waals surface area contributed by atoms with Gasteiger partial charge in [-0.1, -0.05) is 24.3 Å². The second-order valence-corrected chi connectivity index (χ2v) is 4.91. The summed E-state index contributed by atoms with van der Waals surface area (Å²) in [6, 6.07) is 7.40. The molecule has 0 amide bonds. The van der Waals surface area contributed by atoms with Crippen LogP contribution in [-0.4, -0.2) is 0 Å². The van der Waals surface area contributed by atoms with Crippen molar-refractivity contribution in [2.45, 2.75) is 26.8 Å². The number of nitrogens with two attached hydrogens (primary N) is 1. The van der Waals surface area contributed by atoms with E-state index in [1.807, 2.05) is 32.9 Å². The van der Waals surface area contributed by atoms with Gasteiger partial charge in [-0.05, 0) is 49.1 Å². The summed E-state index contributed by atoms with van der Waals surface area (Å²) in [5.41, 5.74) is 10.3. The Bertz CT molecular complexity index is 620. The van der Waals surface area contributed by atoms with Gasteiger partial charge < -0.3 is 5.73 Å². The maximum atomic E-state index is 13.8. The fraction of sp³-hybridized carbons (Fsp3) is 0.250. The number of hydrogen-bond donors (Lipinski definition) is 1. The number of rotatable bonds is 2. The number of benzene rings is 2. The van der Waals surface area contributed by atoms with Crippen LogP contribution in [0.15, 0.2) is 30.3 Å². The van der Waals surface area contributed by atoms with Crippen molar-refractivity contribution in [3.8, 4) is 0 Å². The van der Waals surface area contributed by atoms with E-state index in [0.717, 1.165) is 28.3 Å². The van der Waals surface area contributed by atoms with Crippen molar-refractivity contribution in [2.75, 3.05) is 0 Å². The molecule has 2 aromatic carbocycles. The molecule has 0 aliphatic heterocycles. The van der Waals surface area contributed by atoms with Crippen molar-refractivity contribution < 1.29 is 8.78 Å². The predicted molar refractivity (Wildman–Crippen MR) is 73.0 cm³/mol. The molecule has 0 aliphatic carbocycles. The lowest BCUT2D eigenvalue weighted by molar-refractivity contribution is 0.494. The molecule has 19 heavy (non-hydrogen) atoms. The SMILES string of the molecule is Cc1cc(C)c(C(N)c2cccc(F)c2F)cc1C. The van der Waals surface area contributed by atoms with Crippen LogP contribution in [0, 0.1) is 32.4 Å². The van der Waals surface area contributed by atoms with Gasteiger partial charge in [0.1, 0.15) is 0 Å². The van der Waals surface area contributed by atoms with Gasteiger partial charge in [-0.2, -0.15) is 0 Å². The van der Waals surface area contributed by atoms with E-state index in [2.05, 4.69) is 0 Å². The second-order valence-electron chi connectivity index (χ2n) is 4.91. The van der Waals surface area contributed by atoms with Gasteiger partial charge in [0, 0.05) is 5.56 Å². The van der Waals surface area contributed by atoms with E-state index in [1.54, 1.807) is 0 Å². The maximum absolute atomic E-state index is 13.8. The lowest BCUT2D eigenvalue weighted by Crippen LogP contribution is -2.16. The Labute approximate surface area is 112 Å². The summed E-state index contributed by atoms with van der Waals surface area (Å²) in [6.45, 7) is 5.92. The first-order chi connectivity index (χ1) is 8.91. The van der Waals surface area contributed by atoms with E-state index in [0.29, 0.717) is 0 Å². The molecule has 0 saturated heterocycles. The van der Waals surface area contributed by atoms with Crippen molar-refractivity contribution in [3.63, 3.8) is 0 Å². The van der Waals surface area contributed by atoms with Crippen LogP contribution in [0.4, 0.5) is 8.78 Å². The quantitative estimate of drug-likeness (QED) is 0.870. The number of aryl methyl sites for hydroxylation is 3. The van der Waals surface area contributed by atoms with Gasteiger partial charge in [-0.15, -0.1) is 0 Å². The molecule has 2 rings (SSSR count). The highest BCUT2D eigenvalue weighted by atomic mass is 19.2. The average Bonchev–Trinajstić information content (AvgIpc) is 2.36. The van der Waals surface area contributed by atoms with Gasteiger partial charge in [0.05, 0.1) is 6.04 Å². The van der Waals surface area contributed by atoms with E-state index < -0.39 is 17.7 Å². The van der Waals surface area contributed by atoms with Crippen molar-refractivity contribution in [3.05, 3.63) is 69.8 Å². The molecule has 2 N–H and O–H groups in total. The topological polar surface area (TPSA) is 26.0 Å². The van der Waals surface area contributed by atoms with E-state index in [1.165, 1.54) is 12.1 Å². The zero-order chi connectivity index (χ0) is 14.2. The molecule has 0 saturated carbocycles. The molecule has 0 heterocycles. The van der Waals surface area contributed by atoms with Crippen molar-refractivity contribution in [2.24, 2.45) is 5.73 Å². The molecule has 0 radical (unpaired) electrons. The standard InChI is InChI=1S/C16H17F2N/c1-9-7-11(3)13(8-10(9)2)16(19)12-5-4-6-14(17)15(12)18/h4-8,16H,19H2,1-3H3. The molecule has 3 heteroatoms. The lowest BCUT2D eigenvalue weighted by Gasteiger charge is -2.18. The summed E-state index contributed by atoms with van der Waals surface area (Å²) in [5, 5.41) is 0. The largest absolute Gasteiger partial charge is 0.320 e. The highest BCUT2D eigenvalue weighted by molar-refractivity contribution is 5.42. The molecule has 1 nitrogen and oxygen atoms in total. The van der Waals surface area contributed by atoms with Crippen LogP contribution in [0.1, 0.15) is 33.9 Å². The van der Waals surface area contributed by atoms with Gasteiger partial charge in [0.2, 0.25) is 0 Å². The first-order valence-electron chi connectivity index (χ1n) is 6.19. The van der Waals surface area contributed by atoms with Crippen LogP contribution in [0.3, 0.4) is 0 Å². The summed E-state index contributed by atoms with van der Waals surface area (Å²) in [7, 11) is 0. The molecule has 1 atom stereocenters. The molecule has 0 aromatic heterocycles. The summed E-state index contributed by atoms with van der Waals surface area (Å²) in [4.78, 5) is 0. The third-order valence-corrected chi connectivity index (χ3v) is 3.53. The molecule has 0 aliphatic rings. The Morgan fingerprint density at radius 3 is 2.21 bits per heavy atom. The highest BCUT2D eigenvalue weighted by Crippen LogP contribution is 2.27. The summed E-state index contributed by atoms with van der Waals surface area (Å²) in [5.74, 6) is -1.73. The van der Waals surface area contributed by atoms with Gasteiger partial charge in [0.25, 0.3) is 0 Å². The molecular weight excluding hydrogens is 244 g/mol. The summed E-state index contributed by atoms with van der Waals surface area (Å²) < 4.78 is 27.1. The molecule has 1 unspecified atom stereocenters. The van der Waals surface area contributed by atoms with Crippen LogP contribution < -0.4 is 5.73 Å². The molecule has 100 valence electrons. The van der Waals surface area contributed by atoms with Gasteiger partial charge >= 0.3 is 0 Å². The van der Waals surface area contributed by atoms with Crippen molar-refractivity contribution in [1.82, 2.24) is 0 Å². The molecule has 2 aromatic rings. The normalized spacial score (nSPS) is 12.5. The fourth-order valence-electron chi connectivity index (χ4n) is 2.25. The minimum Gasteiger partial charge on any atom is -0.320 e. The smallest absolute Gasteiger partial charge is 0.163 e. The van der Waals surface area contributed by atoms with Crippen molar-refractivity contribution in [1.29, 1.82) is 0 Å². The van der Waals surface area contributed by atoms with Crippen LogP contribution in [0.5, 0.6) is 0 Å². The fourth-order valence-corrected chi connectivity index (χ4v) is 2.25. The molecule has 0 bridgehead atoms. The molecular formula is C16H17F2N. The van der Waals surface area contributed by atoms with Gasteiger partial charge in [-0.25, -0.2) is 8.78 Å². The Morgan fingerprint density at radius 1 is 0.895 bits per heavy atom. The monoisotopic (exact) mass is 261 g/mol. The number of halogens is 2. The lowest BCUT2D eigenvalue weighted by atomic mass is 9.92. The minimum atomic E-state index is -0.868. The number of hydrogen-bond acceptors (Lipinski definition) is 1. The Hall–Kier alpha value is -1.74. The first kappa shape index (κ1) is 13.7. The van der Waals surface area contributed by atoms with Gasteiger partial charge in [0.15, 0.2) is 11.6 Å². The summed E-state index contributed by atoms with van der Waals surface area (Å²) >= 11 is 0. The Morgan fingerprint density at radius 2 is 1.53 bits per heavy atom. The maximum Gasteiger partial charge on any atom is 0.163 e. The minimum absolute atomic E-state index is 0.186. The van der Waals surface area contributed by atoms with Crippen LogP contribution >= 0.6 is 0 Å². The van der Waals surface area contributed by atoms with Gasteiger partial charge in [-0.3, -0.25) is 0 Å². The second kappa shape index (κ2) is 5.10. The van der Waals surface area contributed by atoms with Crippen molar-refractivity contribution >= 4 is 0 Å². The molecule has 0 fully saturated rings. The van der Waals surface area contributed by atoms with E-state index in [4.69, 9.17) is 5.73 Å². The zero-order valence-corrected chi connectivity index (χ0v) is 11.3. The summed E-state index contributed by atoms with van der Waals surface area (Å²) in [6.07, 6.45) is 0. The van der Waals surface area contributed by atoms with Crippen LogP contribution in [0.25, 0.3) is 0 Å². The Balaban J connectivity index is 2.53. The van der Waals surface area contributed by atoms with E-state index in [9.17, 15) is 8.78 Å². The van der Waals surface area contributed by atoms with E-state index >= 15 is 0 Å². The molecule has 0 spiro atoms. The van der Waals surface area contributed by atoms with Crippen LogP contribution in [0.2, 0.25) is 0 Å². The predicted octanol–water partition coefficient (Wildman–Crippen LogP) is 3.94. The Kier molecular flexibility index (Phi) is 3.67. The first-order valence-corrected chi connectivity index (χ1v) is 6.19. The van der Waals surface area contributed by atoms with E-state index in [-0.39, 0.29) is 5.56 Å². The van der Waals surface area contributed by atoms with Crippen LogP contribution in [-0.2, 0) is 0 Å². The highest BCUT2D eigenvalue weighted by Gasteiger charge is 2.18. The third kappa shape index (κ3) is 2.51. The third-order valence-electron chi connectivity index (χ3n) is 3.53. The average molecular weight is 261 g/mol.